The summed E-state index contributed by atoms with van der Waals surface area (Å²) in [4.78, 5) is 33.0. The zero-order chi connectivity index (χ0) is 18.4. The fourth-order valence-electron chi connectivity index (χ4n) is 3.09. The Morgan fingerprint density at radius 1 is 1.24 bits per heavy atom. The predicted molar refractivity (Wildman–Crippen MR) is 97.6 cm³/mol. The molecule has 1 aliphatic rings. The summed E-state index contributed by atoms with van der Waals surface area (Å²) < 4.78 is 5.27. The molecule has 2 rings (SSSR count). The lowest BCUT2D eigenvalue weighted by Gasteiger charge is -2.17. The molecule has 0 aliphatic heterocycles. The van der Waals surface area contributed by atoms with E-state index in [1.54, 1.807) is 6.92 Å². The van der Waals surface area contributed by atoms with Gasteiger partial charge in [0.15, 0.2) is 11.3 Å². The van der Waals surface area contributed by atoms with Crippen LogP contribution in [-0.2, 0) is 20.7 Å². The van der Waals surface area contributed by atoms with Gasteiger partial charge >= 0.3 is 5.97 Å². The number of carbonyl (C=O) groups excluding carboxylic acids is 2. The van der Waals surface area contributed by atoms with Crippen molar-refractivity contribution in [1.82, 2.24) is 15.3 Å². The Balaban J connectivity index is 1.82. The molecule has 0 aromatic carbocycles. The Labute approximate surface area is 153 Å². The average Bonchev–Trinajstić information content (AvgIpc) is 3.06. The van der Waals surface area contributed by atoms with Crippen LogP contribution in [0.25, 0.3) is 0 Å². The fraction of sp³-hybridized carbons (Fsp3) is 0.667. The van der Waals surface area contributed by atoms with E-state index in [2.05, 4.69) is 15.3 Å². The highest BCUT2D eigenvalue weighted by Gasteiger charge is 2.23. The molecule has 0 saturated heterocycles. The van der Waals surface area contributed by atoms with Gasteiger partial charge in [-0.3, -0.25) is 9.59 Å². The van der Waals surface area contributed by atoms with E-state index in [-0.39, 0.29) is 24.3 Å². The zero-order valence-corrected chi connectivity index (χ0v) is 16.2. The third-order valence-corrected chi connectivity index (χ3v) is 5.09. The van der Waals surface area contributed by atoms with E-state index >= 15 is 0 Å². The minimum absolute atomic E-state index is 0.208. The van der Waals surface area contributed by atoms with Crippen LogP contribution in [-0.4, -0.2) is 40.2 Å². The molecular formula is C18H27N3O3S. The van der Waals surface area contributed by atoms with Gasteiger partial charge in [-0.1, -0.05) is 24.6 Å². The molecule has 1 heterocycles. The topological polar surface area (TPSA) is 81.2 Å². The van der Waals surface area contributed by atoms with Crippen molar-refractivity contribution in [3.05, 3.63) is 17.0 Å². The van der Waals surface area contributed by atoms with Crippen molar-refractivity contribution in [3.8, 4) is 0 Å². The lowest BCUT2D eigenvalue weighted by atomic mass is 10.1. The molecule has 1 saturated carbocycles. The van der Waals surface area contributed by atoms with Crippen LogP contribution < -0.4 is 5.32 Å². The highest BCUT2D eigenvalue weighted by atomic mass is 32.2. The van der Waals surface area contributed by atoms with E-state index in [1.165, 1.54) is 11.8 Å². The van der Waals surface area contributed by atoms with Crippen LogP contribution in [0.3, 0.4) is 0 Å². The first-order chi connectivity index (χ1) is 11.9. The molecular weight excluding hydrogens is 338 g/mol. The quantitative estimate of drug-likeness (QED) is 0.455. The highest BCUT2D eigenvalue weighted by Crippen LogP contribution is 2.19. The van der Waals surface area contributed by atoms with Gasteiger partial charge in [0.05, 0.1) is 0 Å². The molecule has 7 heteroatoms. The van der Waals surface area contributed by atoms with Gasteiger partial charge in [0.1, 0.15) is 0 Å². The second-order valence-electron chi connectivity index (χ2n) is 6.48. The monoisotopic (exact) mass is 365 g/mol. The van der Waals surface area contributed by atoms with Crippen LogP contribution >= 0.6 is 11.8 Å². The largest absolute Gasteiger partial charge is 0.453 e. The van der Waals surface area contributed by atoms with Crippen molar-refractivity contribution in [2.75, 3.05) is 6.26 Å². The third kappa shape index (κ3) is 5.70. The number of nitrogens with zero attached hydrogens (tertiary/aromatic N) is 2. The molecule has 6 nitrogen and oxygen atoms in total. The molecule has 1 amide bonds. The maximum atomic E-state index is 12.1. The number of hydrogen-bond acceptors (Lipinski definition) is 6. The van der Waals surface area contributed by atoms with Crippen LogP contribution in [0.1, 0.15) is 56.0 Å². The highest BCUT2D eigenvalue weighted by molar-refractivity contribution is 7.98. The summed E-state index contributed by atoms with van der Waals surface area (Å²) in [6, 6.07) is 0.228. The molecule has 0 radical (unpaired) electrons. The van der Waals surface area contributed by atoms with Gasteiger partial charge in [0.25, 0.3) is 5.91 Å². The molecule has 1 aromatic heterocycles. The molecule has 1 unspecified atom stereocenters. The second kappa shape index (κ2) is 9.17. The fourth-order valence-corrected chi connectivity index (χ4v) is 3.54. The van der Waals surface area contributed by atoms with Crippen molar-refractivity contribution < 1.29 is 14.3 Å². The van der Waals surface area contributed by atoms with Gasteiger partial charge in [-0.2, -0.15) is 0 Å². The number of aryl methyl sites for hydroxylation is 2. The SMILES string of the molecule is CSc1nc(C)c(CCC(=O)OC(C)C(=O)NC2CCCC2)c(C)n1. The number of rotatable bonds is 7. The molecule has 25 heavy (non-hydrogen) atoms. The first-order valence-corrected chi connectivity index (χ1v) is 10.0. The van der Waals surface area contributed by atoms with E-state index in [0.717, 1.165) is 47.8 Å². The van der Waals surface area contributed by atoms with E-state index in [9.17, 15) is 9.59 Å². The summed E-state index contributed by atoms with van der Waals surface area (Å²) >= 11 is 1.50. The van der Waals surface area contributed by atoms with E-state index in [1.807, 2.05) is 20.1 Å². The first kappa shape index (κ1) is 19.7. The summed E-state index contributed by atoms with van der Waals surface area (Å²) in [7, 11) is 0. The van der Waals surface area contributed by atoms with Gasteiger partial charge in [0, 0.05) is 23.9 Å². The van der Waals surface area contributed by atoms with Gasteiger partial charge in [-0.25, -0.2) is 9.97 Å². The molecule has 138 valence electrons. The summed E-state index contributed by atoms with van der Waals surface area (Å²) in [6.07, 6.45) is 6.22. The lowest BCUT2D eigenvalue weighted by Crippen LogP contribution is -2.40. The second-order valence-corrected chi connectivity index (χ2v) is 7.26. The van der Waals surface area contributed by atoms with Crippen molar-refractivity contribution in [2.45, 2.75) is 76.6 Å². The first-order valence-electron chi connectivity index (χ1n) is 8.78. The Hall–Kier alpha value is -1.63. The molecule has 1 aromatic rings. The smallest absolute Gasteiger partial charge is 0.306 e. The molecule has 0 spiro atoms. The maximum Gasteiger partial charge on any atom is 0.306 e. The Kier molecular flexibility index (Phi) is 7.23. The number of thioether (sulfide) groups is 1. The Morgan fingerprint density at radius 2 is 1.84 bits per heavy atom. The van der Waals surface area contributed by atoms with E-state index in [4.69, 9.17) is 4.74 Å². The minimum atomic E-state index is -0.759. The van der Waals surface area contributed by atoms with Crippen molar-refractivity contribution >= 4 is 23.6 Å². The van der Waals surface area contributed by atoms with Crippen molar-refractivity contribution in [2.24, 2.45) is 0 Å². The van der Waals surface area contributed by atoms with E-state index in [0.29, 0.717) is 6.42 Å². The normalized spacial score (nSPS) is 15.8. The van der Waals surface area contributed by atoms with Crippen LogP contribution in [0.15, 0.2) is 5.16 Å². The summed E-state index contributed by atoms with van der Waals surface area (Å²) in [5.74, 6) is -0.581. The Morgan fingerprint density at radius 3 is 2.40 bits per heavy atom. The average molecular weight is 365 g/mol. The Bertz CT molecular complexity index is 607. The van der Waals surface area contributed by atoms with Crippen molar-refractivity contribution in [1.29, 1.82) is 0 Å². The number of amides is 1. The summed E-state index contributed by atoms with van der Waals surface area (Å²) in [5, 5.41) is 3.68. The number of nitrogens with one attached hydrogen (secondary N) is 1. The molecule has 1 atom stereocenters. The van der Waals surface area contributed by atoms with Gasteiger partial charge in [-0.05, 0) is 51.9 Å². The minimum Gasteiger partial charge on any atom is -0.453 e. The van der Waals surface area contributed by atoms with Crippen LogP contribution in [0, 0.1) is 13.8 Å². The molecule has 0 bridgehead atoms. The summed E-state index contributed by atoms with van der Waals surface area (Å²) in [6.45, 7) is 5.47. The van der Waals surface area contributed by atoms with Gasteiger partial charge in [-0.15, -0.1) is 0 Å². The molecule has 1 fully saturated rings. The maximum absolute atomic E-state index is 12.1. The van der Waals surface area contributed by atoms with Crippen molar-refractivity contribution in [3.63, 3.8) is 0 Å². The summed E-state index contributed by atoms with van der Waals surface area (Å²) in [5.41, 5.74) is 2.74. The predicted octanol–water partition coefficient (Wildman–Crippen LogP) is 2.74. The third-order valence-electron chi connectivity index (χ3n) is 4.54. The number of hydrogen-bond donors (Lipinski definition) is 1. The van der Waals surface area contributed by atoms with Crippen LogP contribution in [0.5, 0.6) is 0 Å². The molecule has 1 N–H and O–H groups in total. The number of esters is 1. The van der Waals surface area contributed by atoms with Crippen LogP contribution in [0.4, 0.5) is 0 Å². The van der Waals surface area contributed by atoms with Crippen LogP contribution in [0.2, 0.25) is 0 Å². The van der Waals surface area contributed by atoms with Gasteiger partial charge in [0.2, 0.25) is 0 Å². The standard InChI is InChI=1S/C18H27N3O3S/c1-11-15(12(2)20-18(19-11)25-4)9-10-16(22)24-13(3)17(23)21-14-7-5-6-8-14/h13-14H,5-10H2,1-4H3,(H,21,23). The molecule has 1 aliphatic carbocycles. The lowest BCUT2D eigenvalue weighted by molar-refractivity contribution is -0.155. The zero-order valence-electron chi connectivity index (χ0n) is 15.4. The number of aromatic nitrogens is 2. The number of carbonyl (C=O) groups is 2. The number of ether oxygens (including phenoxy) is 1. The van der Waals surface area contributed by atoms with Gasteiger partial charge < -0.3 is 10.1 Å². The van der Waals surface area contributed by atoms with E-state index < -0.39 is 6.10 Å².